The fourth-order valence-corrected chi connectivity index (χ4v) is 2.91. The lowest BCUT2D eigenvalue weighted by atomic mass is 10.0. The van der Waals surface area contributed by atoms with Crippen molar-refractivity contribution in [3.05, 3.63) is 65.9 Å². The number of carbonyl (C=O) groups is 1. The second-order valence-corrected chi connectivity index (χ2v) is 5.92. The minimum Gasteiger partial charge on any atom is -0.338 e. The summed E-state index contributed by atoms with van der Waals surface area (Å²) >= 11 is 0. The van der Waals surface area contributed by atoms with Crippen LogP contribution in [0.1, 0.15) is 29.9 Å². The van der Waals surface area contributed by atoms with E-state index in [9.17, 15) is 4.79 Å². The number of nitrogens with zero attached hydrogens (tertiary/aromatic N) is 2. The van der Waals surface area contributed by atoms with Crippen LogP contribution in [0, 0.1) is 6.92 Å². The number of aryl methyl sites for hydroxylation is 1. The van der Waals surface area contributed by atoms with E-state index >= 15 is 0 Å². The number of hydrogen-bond acceptors (Lipinski definition) is 2. The highest BCUT2D eigenvalue weighted by molar-refractivity contribution is 6.01. The third kappa shape index (κ3) is 3.02. The minimum absolute atomic E-state index is 0.0147. The molecule has 122 valence electrons. The molecule has 0 spiro atoms. The molecule has 3 rings (SSSR count). The van der Waals surface area contributed by atoms with E-state index in [2.05, 4.69) is 37.3 Å². The van der Waals surface area contributed by atoms with Crippen LogP contribution < -0.4 is 0 Å². The Labute approximate surface area is 143 Å². The molecular formula is C21H22N2O. The van der Waals surface area contributed by atoms with Crippen LogP contribution >= 0.6 is 0 Å². The average Bonchev–Trinajstić information content (AvgIpc) is 2.62. The lowest BCUT2D eigenvalue weighted by Crippen LogP contribution is -2.31. The molecule has 3 heteroatoms. The molecule has 0 fully saturated rings. The summed E-state index contributed by atoms with van der Waals surface area (Å²) in [7, 11) is 0. The number of pyridine rings is 1. The normalized spacial score (nSPS) is 10.8. The molecule has 24 heavy (non-hydrogen) atoms. The summed E-state index contributed by atoms with van der Waals surface area (Å²) in [4.78, 5) is 19.3. The van der Waals surface area contributed by atoms with Crippen LogP contribution in [0.25, 0.3) is 22.0 Å². The molecule has 2 aromatic carbocycles. The molecule has 0 unspecified atom stereocenters. The molecule has 0 aliphatic heterocycles. The second-order valence-electron chi connectivity index (χ2n) is 5.92. The highest BCUT2D eigenvalue weighted by atomic mass is 16.2. The maximum Gasteiger partial charge on any atom is 0.272 e. The molecule has 0 saturated heterocycles. The van der Waals surface area contributed by atoms with Crippen molar-refractivity contribution in [3.63, 3.8) is 0 Å². The Hall–Kier alpha value is -2.68. The van der Waals surface area contributed by atoms with Gasteiger partial charge in [-0.3, -0.25) is 4.79 Å². The van der Waals surface area contributed by atoms with Gasteiger partial charge in [0.05, 0.1) is 5.69 Å². The third-order valence-electron chi connectivity index (χ3n) is 4.34. The smallest absolute Gasteiger partial charge is 0.272 e. The first-order valence-electron chi connectivity index (χ1n) is 8.40. The summed E-state index contributed by atoms with van der Waals surface area (Å²) < 4.78 is 0. The Morgan fingerprint density at radius 2 is 1.67 bits per heavy atom. The third-order valence-corrected chi connectivity index (χ3v) is 4.34. The predicted octanol–water partition coefficient (Wildman–Crippen LogP) is 4.69. The Kier molecular flexibility index (Phi) is 4.61. The van der Waals surface area contributed by atoms with Gasteiger partial charge in [0.2, 0.25) is 0 Å². The van der Waals surface area contributed by atoms with Gasteiger partial charge in [0.1, 0.15) is 5.69 Å². The highest BCUT2D eigenvalue weighted by Crippen LogP contribution is 2.28. The minimum atomic E-state index is -0.0147. The van der Waals surface area contributed by atoms with Crippen molar-refractivity contribution in [1.82, 2.24) is 9.88 Å². The van der Waals surface area contributed by atoms with Crippen molar-refractivity contribution in [2.75, 3.05) is 13.1 Å². The summed E-state index contributed by atoms with van der Waals surface area (Å²) in [5.74, 6) is -0.0147. The van der Waals surface area contributed by atoms with E-state index in [0.29, 0.717) is 18.8 Å². The molecule has 1 aromatic heterocycles. The van der Waals surface area contributed by atoms with E-state index in [-0.39, 0.29) is 5.91 Å². The van der Waals surface area contributed by atoms with Gasteiger partial charge in [-0.15, -0.1) is 0 Å². The van der Waals surface area contributed by atoms with Gasteiger partial charge in [-0.05, 0) is 32.2 Å². The summed E-state index contributed by atoms with van der Waals surface area (Å²) in [6.07, 6.45) is 0. The van der Waals surface area contributed by atoms with Crippen molar-refractivity contribution in [3.8, 4) is 11.3 Å². The zero-order chi connectivity index (χ0) is 17.1. The van der Waals surface area contributed by atoms with Crippen LogP contribution in [0.4, 0.5) is 0 Å². The first-order chi connectivity index (χ1) is 11.6. The number of aromatic nitrogens is 1. The standard InChI is InChI=1S/C21H22N2O/c1-4-23(5-2)21(24)19-14-17-8-6-7-9-18(17)20(22-19)16-12-10-15(3)11-13-16/h6-14H,4-5H2,1-3H3. The first-order valence-corrected chi connectivity index (χ1v) is 8.40. The van der Waals surface area contributed by atoms with Gasteiger partial charge in [0.15, 0.2) is 0 Å². The summed E-state index contributed by atoms with van der Waals surface area (Å²) in [5.41, 5.74) is 3.61. The lowest BCUT2D eigenvalue weighted by Gasteiger charge is -2.19. The van der Waals surface area contributed by atoms with Crippen molar-refractivity contribution in [2.45, 2.75) is 20.8 Å². The molecule has 0 aliphatic rings. The van der Waals surface area contributed by atoms with E-state index in [0.717, 1.165) is 22.0 Å². The Morgan fingerprint density at radius 3 is 2.33 bits per heavy atom. The molecule has 0 N–H and O–H groups in total. The van der Waals surface area contributed by atoms with Crippen LogP contribution in [0.15, 0.2) is 54.6 Å². The molecule has 0 bridgehead atoms. The van der Waals surface area contributed by atoms with Crippen LogP contribution in [0.3, 0.4) is 0 Å². The van der Waals surface area contributed by atoms with E-state index in [1.165, 1.54) is 5.56 Å². The van der Waals surface area contributed by atoms with E-state index < -0.39 is 0 Å². The highest BCUT2D eigenvalue weighted by Gasteiger charge is 2.17. The number of amides is 1. The van der Waals surface area contributed by atoms with Crippen LogP contribution in [-0.4, -0.2) is 28.9 Å². The van der Waals surface area contributed by atoms with Gasteiger partial charge in [0.25, 0.3) is 5.91 Å². The first kappa shape index (κ1) is 16.2. The zero-order valence-electron chi connectivity index (χ0n) is 14.4. The number of carbonyl (C=O) groups excluding carboxylic acids is 1. The Bertz CT molecular complexity index is 865. The summed E-state index contributed by atoms with van der Waals surface area (Å²) in [6.45, 7) is 7.41. The molecule has 3 aromatic rings. The molecule has 1 amide bonds. The maximum atomic E-state index is 12.8. The number of hydrogen-bond donors (Lipinski definition) is 0. The summed E-state index contributed by atoms with van der Waals surface area (Å²) in [6, 6.07) is 18.3. The number of fused-ring (bicyclic) bond motifs is 1. The molecular weight excluding hydrogens is 296 g/mol. The van der Waals surface area contributed by atoms with Crippen molar-refractivity contribution < 1.29 is 4.79 Å². The van der Waals surface area contributed by atoms with Gasteiger partial charge < -0.3 is 4.90 Å². The molecule has 0 radical (unpaired) electrons. The van der Waals surface area contributed by atoms with Crippen molar-refractivity contribution >= 4 is 16.7 Å². The Morgan fingerprint density at radius 1 is 1.00 bits per heavy atom. The molecule has 0 atom stereocenters. The van der Waals surface area contributed by atoms with Gasteiger partial charge in [-0.2, -0.15) is 0 Å². The molecule has 0 saturated carbocycles. The van der Waals surface area contributed by atoms with Crippen LogP contribution in [0.2, 0.25) is 0 Å². The van der Waals surface area contributed by atoms with Gasteiger partial charge in [-0.1, -0.05) is 54.1 Å². The fourth-order valence-electron chi connectivity index (χ4n) is 2.91. The Balaban J connectivity index is 2.20. The molecule has 1 heterocycles. The van der Waals surface area contributed by atoms with Crippen molar-refractivity contribution in [2.24, 2.45) is 0 Å². The van der Waals surface area contributed by atoms with Crippen molar-refractivity contribution in [1.29, 1.82) is 0 Å². The fraction of sp³-hybridized carbons (Fsp3) is 0.238. The lowest BCUT2D eigenvalue weighted by molar-refractivity contribution is 0.0767. The van der Waals surface area contributed by atoms with Crippen LogP contribution in [0.5, 0.6) is 0 Å². The second kappa shape index (κ2) is 6.83. The number of rotatable bonds is 4. The van der Waals surface area contributed by atoms with Gasteiger partial charge >= 0.3 is 0 Å². The summed E-state index contributed by atoms with van der Waals surface area (Å²) in [5, 5.41) is 2.11. The molecule has 3 nitrogen and oxygen atoms in total. The SMILES string of the molecule is CCN(CC)C(=O)c1cc2ccccc2c(-c2ccc(C)cc2)n1. The molecule has 0 aliphatic carbocycles. The maximum absolute atomic E-state index is 12.8. The van der Waals surface area contributed by atoms with E-state index in [1.807, 2.05) is 38.1 Å². The van der Waals surface area contributed by atoms with Gasteiger partial charge in [0, 0.05) is 24.0 Å². The largest absolute Gasteiger partial charge is 0.338 e. The van der Waals surface area contributed by atoms with Crippen LogP contribution in [-0.2, 0) is 0 Å². The van der Waals surface area contributed by atoms with E-state index in [1.54, 1.807) is 4.90 Å². The average molecular weight is 318 g/mol. The van der Waals surface area contributed by atoms with Gasteiger partial charge in [-0.25, -0.2) is 4.98 Å². The quantitative estimate of drug-likeness (QED) is 0.699. The van der Waals surface area contributed by atoms with E-state index in [4.69, 9.17) is 4.98 Å². The predicted molar refractivity (Wildman–Crippen MR) is 99.2 cm³/mol. The number of benzene rings is 2. The monoisotopic (exact) mass is 318 g/mol. The zero-order valence-corrected chi connectivity index (χ0v) is 14.4. The topological polar surface area (TPSA) is 33.2 Å².